The zero-order chi connectivity index (χ0) is 13.8. The molecule has 2 atom stereocenters. The number of aliphatic carboxylic acids is 1. The lowest BCUT2D eigenvalue weighted by Crippen LogP contribution is -2.44. The van der Waals surface area contributed by atoms with Crippen LogP contribution in [0.5, 0.6) is 0 Å². The summed E-state index contributed by atoms with van der Waals surface area (Å²) < 4.78 is 18.3. The number of carbonyl (C=O) groups is 1. The molecule has 2 rings (SSSR count). The Hall–Kier alpha value is -1.46. The number of hydrogen-bond acceptors (Lipinski definition) is 3. The van der Waals surface area contributed by atoms with Gasteiger partial charge in [-0.1, -0.05) is 12.1 Å². The van der Waals surface area contributed by atoms with E-state index in [9.17, 15) is 9.18 Å². The van der Waals surface area contributed by atoms with Crippen molar-refractivity contribution in [3.63, 3.8) is 0 Å². The average Bonchev–Trinajstić information content (AvgIpc) is 2.38. The van der Waals surface area contributed by atoms with Crippen molar-refractivity contribution in [2.24, 2.45) is 0 Å². The summed E-state index contributed by atoms with van der Waals surface area (Å²) in [4.78, 5) is 12.9. The molecule has 1 aromatic rings. The van der Waals surface area contributed by atoms with Crippen LogP contribution in [0.15, 0.2) is 24.3 Å². The molecule has 0 aliphatic carbocycles. The minimum Gasteiger partial charge on any atom is -0.481 e. The van der Waals surface area contributed by atoms with E-state index in [-0.39, 0.29) is 24.4 Å². The van der Waals surface area contributed by atoms with Gasteiger partial charge in [0.25, 0.3) is 0 Å². The van der Waals surface area contributed by atoms with Crippen molar-refractivity contribution in [3.05, 3.63) is 35.6 Å². The fourth-order valence-corrected chi connectivity index (χ4v) is 2.36. The van der Waals surface area contributed by atoms with Crippen LogP contribution in [-0.4, -0.2) is 41.8 Å². The normalized spacial score (nSPS) is 22.1. The predicted molar refractivity (Wildman–Crippen MR) is 68.4 cm³/mol. The van der Waals surface area contributed by atoms with Crippen LogP contribution in [0.1, 0.15) is 24.9 Å². The van der Waals surface area contributed by atoms with E-state index in [4.69, 9.17) is 9.84 Å². The second kappa shape index (κ2) is 6.12. The van der Waals surface area contributed by atoms with E-state index in [1.807, 2.05) is 6.92 Å². The van der Waals surface area contributed by atoms with Crippen molar-refractivity contribution in [3.8, 4) is 0 Å². The molecule has 0 radical (unpaired) electrons. The number of ether oxygens (including phenoxy) is 1. The quantitative estimate of drug-likeness (QED) is 0.907. The number of nitrogens with zero attached hydrogens (tertiary/aromatic N) is 1. The lowest BCUT2D eigenvalue weighted by atomic mass is 10.1. The van der Waals surface area contributed by atoms with Crippen molar-refractivity contribution in [2.45, 2.75) is 25.5 Å². The molecule has 0 aromatic heterocycles. The Labute approximate surface area is 111 Å². The number of rotatable bonds is 4. The van der Waals surface area contributed by atoms with Gasteiger partial charge in [0.1, 0.15) is 5.82 Å². The van der Waals surface area contributed by atoms with Crippen LogP contribution in [0.25, 0.3) is 0 Å². The first-order valence-corrected chi connectivity index (χ1v) is 6.39. The molecule has 1 aliphatic heterocycles. The van der Waals surface area contributed by atoms with E-state index in [2.05, 4.69) is 4.90 Å². The topological polar surface area (TPSA) is 49.8 Å². The third kappa shape index (κ3) is 3.75. The van der Waals surface area contributed by atoms with E-state index in [0.717, 1.165) is 12.1 Å². The third-order valence-electron chi connectivity index (χ3n) is 3.47. The average molecular weight is 267 g/mol. The molecule has 19 heavy (non-hydrogen) atoms. The Morgan fingerprint density at radius 2 is 2.21 bits per heavy atom. The van der Waals surface area contributed by atoms with E-state index in [1.165, 1.54) is 12.1 Å². The molecule has 0 spiro atoms. The highest BCUT2D eigenvalue weighted by Crippen LogP contribution is 2.23. The van der Waals surface area contributed by atoms with Gasteiger partial charge in [-0.15, -0.1) is 0 Å². The van der Waals surface area contributed by atoms with Crippen LogP contribution >= 0.6 is 0 Å². The van der Waals surface area contributed by atoms with E-state index in [0.29, 0.717) is 13.2 Å². The fraction of sp³-hybridized carbons (Fsp3) is 0.500. The Bertz CT molecular complexity index is 435. The molecule has 1 N–H and O–H groups in total. The molecule has 1 aliphatic rings. The fourth-order valence-electron chi connectivity index (χ4n) is 2.36. The monoisotopic (exact) mass is 267 g/mol. The molecule has 1 aromatic carbocycles. The Kier molecular flexibility index (Phi) is 4.50. The summed E-state index contributed by atoms with van der Waals surface area (Å²) in [6, 6.07) is 6.55. The second-order valence-corrected chi connectivity index (χ2v) is 4.81. The van der Waals surface area contributed by atoms with Crippen LogP contribution in [-0.2, 0) is 9.53 Å². The number of carboxylic acid groups (broad SMARTS) is 1. The minimum absolute atomic E-state index is 0.0205. The van der Waals surface area contributed by atoms with Gasteiger partial charge >= 0.3 is 5.97 Å². The Balaban J connectivity index is 2.00. The summed E-state index contributed by atoms with van der Waals surface area (Å²) in [6.07, 6.45) is -0.249. The molecule has 0 bridgehead atoms. The highest BCUT2D eigenvalue weighted by molar-refractivity contribution is 5.67. The molecule has 4 nitrogen and oxygen atoms in total. The molecule has 1 fully saturated rings. The zero-order valence-electron chi connectivity index (χ0n) is 10.9. The summed E-state index contributed by atoms with van der Waals surface area (Å²) >= 11 is 0. The number of hydrogen-bond donors (Lipinski definition) is 1. The summed E-state index contributed by atoms with van der Waals surface area (Å²) in [7, 11) is 0. The van der Waals surface area contributed by atoms with Crippen molar-refractivity contribution in [1.82, 2.24) is 4.90 Å². The van der Waals surface area contributed by atoms with Crippen LogP contribution in [0, 0.1) is 5.82 Å². The van der Waals surface area contributed by atoms with Crippen LogP contribution in [0.2, 0.25) is 0 Å². The van der Waals surface area contributed by atoms with Gasteiger partial charge in [0.15, 0.2) is 0 Å². The van der Waals surface area contributed by atoms with Gasteiger partial charge in [0.2, 0.25) is 0 Å². The van der Waals surface area contributed by atoms with Gasteiger partial charge < -0.3 is 9.84 Å². The van der Waals surface area contributed by atoms with Gasteiger partial charge in [0, 0.05) is 19.1 Å². The molecule has 1 saturated heterocycles. The molecule has 5 heteroatoms. The lowest BCUT2D eigenvalue weighted by Gasteiger charge is -2.36. The van der Waals surface area contributed by atoms with E-state index < -0.39 is 5.97 Å². The van der Waals surface area contributed by atoms with Crippen molar-refractivity contribution < 1.29 is 19.0 Å². The van der Waals surface area contributed by atoms with Crippen molar-refractivity contribution in [1.29, 1.82) is 0 Å². The number of carboxylic acids is 1. The van der Waals surface area contributed by atoms with Gasteiger partial charge in [0.05, 0.1) is 19.1 Å². The van der Waals surface area contributed by atoms with Crippen molar-refractivity contribution >= 4 is 5.97 Å². The van der Waals surface area contributed by atoms with Gasteiger partial charge in [-0.25, -0.2) is 4.39 Å². The van der Waals surface area contributed by atoms with Gasteiger partial charge in [-0.05, 0) is 24.6 Å². The maximum Gasteiger partial charge on any atom is 0.306 e. The molecule has 2 unspecified atom stereocenters. The molecular weight excluding hydrogens is 249 g/mol. The smallest absolute Gasteiger partial charge is 0.306 e. The predicted octanol–water partition coefficient (Wildman–Crippen LogP) is 2.06. The lowest BCUT2D eigenvalue weighted by molar-refractivity contribution is -0.142. The Morgan fingerprint density at radius 3 is 2.84 bits per heavy atom. The van der Waals surface area contributed by atoms with E-state index in [1.54, 1.807) is 12.1 Å². The first-order valence-electron chi connectivity index (χ1n) is 6.39. The van der Waals surface area contributed by atoms with Gasteiger partial charge in [-0.3, -0.25) is 9.69 Å². The first kappa shape index (κ1) is 14.0. The first-order chi connectivity index (χ1) is 9.06. The van der Waals surface area contributed by atoms with Gasteiger partial charge in [-0.2, -0.15) is 0 Å². The van der Waals surface area contributed by atoms with Crippen molar-refractivity contribution in [2.75, 3.05) is 19.7 Å². The molecule has 0 saturated carbocycles. The summed E-state index contributed by atoms with van der Waals surface area (Å²) in [5.41, 5.74) is 1.03. The SMILES string of the molecule is CC(c1ccc(F)cc1)N1CCOC(CC(=O)O)C1. The Morgan fingerprint density at radius 1 is 1.53 bits per heavy atom. The molecular formula is C14H18FNO3. The summed E-state index contributed by atoms with van der Waals surface area (Å²) in [5, 5.41) is 8.80. The number of morpholine rings is 1. The second-order valence-electron chi connectivity index (χ2n) is 4.81. The maximum absolute atomic E-state index is 12.9. The van der Waals surface area contributed by atoms with Crippen LogP contribution < -0.4 is 0 Å². The maximum atomic E-state index is 12.9. The van der Waals surface area contributed by atoms with Crippen LogP contribution in [0.3, 0.4) is 0 Å². The highest BCUT2D eigenvalue weighted by Gasteiger charge is 2.26. The van der Waals surface area contributed by atoms with E-state index >= 15 is 0 Å². The standard InChI is InChI=1S/C14H18FNO3/c1-10(11-2-4-12(15)5-3-11)16-6-7-19-13(9-16)8-14(17)18/h2-5,10,13H,6-9H2,1H3,(H,17,18). The highest BCUT2D eigenvalue weighted by atomic mass is 19.1. The third-order valence-corrected chi connectivity index (χ3v) is 3.47. The number of halogens is 1. The summed E-state index contributed by atoms with van der Waals surface area (Å²) in [6.45, 7) is 3.92. The summed E-state index contributed by atoms with van der Waals surface area (Å²) in [5.74, 6) is -1.09. The zero-order valence-corrected chi connectivity index (χ0v) is 10.9. The number of benzene rings is 1. The minimum atomic E-state index is -0.846. The molecule has 1 heterocycles. The molecule has 0 amide bonds. The molecule has 104 valence electrons. The largest absolute Gasteiger partial charge is 0.481 e. The van der Waals surface area contributed by atoms with Crippen LogP contribution in [0.4, 0.5) is 4.39 Å².